The summed E-state index contributed by atoms with van der Waals surface area (Å²) in [7, 11) is 0. The molecule has 2 amide bonds. The molecule has 0 saturated heterocycles. The van der Waals surface area contributed by atoms with E-state index < -0.39 is 11.7 Å². The predicted octanol–water partition coefficient (Wildman–Crippen LogP) is 3.62. The minimum atomic E-state index is -0.712. The Balaban J connectivity index is 1.68. The standard InChI is InChI=1S/C22H21N3O3/c1-15-5-7-17(8-6-15)14-25-13-3-4-20(25)21(27)22(28)24-19-11-9-18(10-12-19)23-16(2)26/h3-13H,14H2,1-2H3,(H,23,26)(H,24,28). The van der Waals surface area contributed by atoms with Crippen molar-refractivity contribution in [2.45, 2.75) is 20.4 Å². The van der Waals surface area contributed by atoms with Crippen LogP contribution in [0.15, 0.2) is 66.9 Å². The molecule has 0 radical (unpaired) electrons. The Hall–Kier alpha value is -3.67. The van der Waals surface area contributed by atoms with E-state index in [1.54, 1.807) is 47.2 Å². The van der Waals surface area contributed by atoms with Gasteiger partial charge in [-0.05, 0) is 48.9 Å². The monoisotopic (exact) mass is 375 g/mol. The van der Waals surface area contributed by atoms with Gasteiger partial charge in [0.2, 0.25) is 5.91 Å². The summed E-state index contributed by atoms with van der Waals surface area (Å²) in [6, 6.07) is 18.0. The van der Waals surface area contributed by atoms with Gasteiger partial charge < -0.3 is 15.2 Å². The first-order chi connectivity index (χ1) is 13.4. The van der Waals surface area contributed by atoms with Crippen molar-refractivity contribution in [3.05, 3.63) is 83.7 Å². The minimum Gasteiger partial charge on any atom is -0.340 e. The molecule has 1 heterocycles. The molecule has 0 bridgehead atoms. The summed E-state index contributed by atoms with van der Waals surface area (Å²) in [5.74, 6) is -1.50. The van der Waals surface area contributed by atoms with Gasteiger partial charge in [0.05, 0.1) is 5.69 Å². The van der Waals surface area contributed by atoms with Gasteiger partial charge in [-0.3, -0.25) is 14.4 Å². The molecule has 0 unspecified atom stereocenters. The molecule has 1 aromatic heterocycles. The maximum Gasteiger partial charge on any atom is 0.298 e. The Morgan fingerprint density at radius 3 is 2.07 bits per heavy atom. The summed E-state index contributed by atoms with van der Waals surface area (Å²) in [6.45, 7) is 3.94. The van der Waals surface area contributed by atoms with E-state index in [0.717, 1.165) is 11.1 Å². The van der Waals surface area contributed by atoms with Crippen LogP contribution in [0.3, 0.4) is 0 Å². The molecule has 0 aliphatic rings. The van der Waals surface area contributed by atoms with Gasteiger partial charge >= 0.3 is 0 Å². The van der Waals surface area contributed by atoms with Gasteiger partial charge in [0, 0.05) is 31.0 Å². The van der Waals surface area contributed by atoms with Gasteiger partial charge in [0.25, 0.3) is 11.7 Å². The zero-order chi connectivity index (χ0) is 20.1. The number of anilines is 2. The number of rotatable bonds is 6. The fourth-order valence-corrected chi connectivity index (χ4v) is 2.79. The van der Waals surface area contributed by atoms with Crippen LogP contribution in [0.25, 0.3) is 0 Å². The van der Waals surface area contributed by atoms with Crippen molar-refractivity contribution < 1.29 is 14.4 Å². The quantitative estimate of drug-likeness (QED) is 0.510. The highest BCUT2D eigenvalue weighted by molar-refractivity contribution is 6.46. The number of benzene rings is 2. The number of carbonyl (C=O) groups is 3. The van der Waals surface area contributed by atoms with Gasteiger partial charge in [-0.25, -0.2) is 0 Å². The number of carbonyl (C=O) groups excluding carboxylic acids is 3. The number of amides is 2. The number of Topliss-reactive ketones (excluding diaryl/α,β-unsaturated/α-hetero) is 1. The number of aromatic nitrogens is 1. The lowest BCUT2D eigenvalue weighted by Crippen LogP contribution is -2.25. The molecular formula is C22H21N3O3. The van der Waals surface area contributed by atoms with E-state index in [-0.39, 0.29) is 5.91 Å². The Morgan fingerprint density at radius 2 is 1.46 bits per heavy atom. The first-order valence-corrected chi connectivity index (χ1v) is 8.86. The van der Waals surface area contributed by atoms with Crippen LogP contribution in [-0.4, -0.2) is 22.2 Å². The van der Waals surface area contributed by atoms with Crippen molar-refractivity contribution in [3.8, 4) is 0 Å². The van der Waals surface area contributed by atoms with E-state index in [1.807, 2.05) is 31.2 Å². The van der Waals surface area contributed by atoms with E-state index in [0.29, 0.717) is 23.6 Å². The lowest BCUT2D eigenvalue weighted by molar-refractivity contribution is -0.114. The van der Waals surface area contributed by atoms with Crippen LogP contribution in [-0.2, 0) is 16.1 Å². The molecule has 2 N–H and O–H groups in total. The Morgan fingerprint density at radius 1 is 0.857 bits per heavy atom. The zero-order valence-corrected chi connectivity index (χ0v) is 15.7. The zero-order valence-electron chi connectivity index (χ0n) is 15.7. The van der Waals surface area contributed by atoms with Crippen molar-refractivity contribution in [2.24, 2.45) is 0 Å². The Kier molecular flexibility index (Phi) is 5.69. The van der Waals surface area contributed by atoms with Crippen LogP contribution < -0.4 is 10.6 Å². The summed E-state index contributed by atoms with van der Waals surface area (Å²) in [6.07, 6.45) is 1.78. The van der Waals surface area contributed by atoms with Crippen molar-refractivity contribution in [3.63, 3.8) is 0 Å². The third-order valence-electron chi connectivity index (χ3n) is 4.21. The normalized spacial score (nSPS) is 10.4. The van der Waals surface area contributed by atoms with Crippen molar-refractivity contribution >= 4 is 29.0 Å². The van der Waals surface area contributed by atoms with Crippen LogP contribution in [0.1, 0.15) is 28.5 Å². The summed E-state index contributed by atoms with van der Waals surface area (Å²) in [4.78, 5) is 36.0. The van der Waals surface area contributed by atoms with E-state index in [2.05, 4.69) is 10.6 Å². The minimum absolute atomic E-state index is 0.179. The Bertz CT molecular complexity index is 1000. The number of hydrogen-bond acceptors (Lipinski definition) is 3. The molecule has 142 valence electrons. The average molecular weight is 375 g/mol. The fourth-order valence-electron chi connectivity index (χ4n) is 2.79. The molecule has 0 saturated carbocycles. The summed E-state index contributed by atoms with van der Waals surface area (Å²) < 4.78 is 1.76. The first-order valence-electron chi connectivity index (χ1n) is 8.86. The largest absolute Gasteiger partial charge is 0.340 e. The fraction of sp³-hybridized carbons (Fsp3) is 0.136. The number of ketones is 1. The van der Waals surface area contributed by atoms with E-state index in [4.69, 9.17) is 0 Å². The number of hydrogen-bond donors (Lipinski definition) is 2. The lowest BCUT2D eigenvalue weighted by Gasteiger charge is -2.10. The summed E-state index contributed by atoms with van der Waals surface area (Å²) in [5.41, 5.74) is 3.63. The predicted molar refractivity (Wildman–Crippen MR) is 108 cm³/mol. The smallest absolute Gasteiger partial charge is 0.298 e. The molecule has 3 aromatic rings. The number of aryl methyl sites for hydroxylation is 1. The van der Waals surface area contributed by atoms with Gasteiger partial charge in [-0.15, -0.1) is 0 Å². The second-order valence-corrected chi connectivity index (χ2v) is 6.55. The van der Waals surface area contributed by atoms with Crippen LogP contribution >= 0.6 is 0 Å². The molecule has 0 spiro atoms. The topological polar surface area (TPSA) is 80.2 Å². The highest BCUT2D eigenvalue weighted by atomic mass is 16.2. The van der Waals surface area contributed by atoms with Crippen molar-refractivity contribution in [2.75, 3.05) is 10.6 Å². The van der Waals surface area contributed by atoms with Crippen LogP contribution in [0.4, 0.5) is 11.4 Å². The van der Waals surface area contributed by atoms with Gasteiger partial charge in [-0.2, -0.15) is 0 Å². The molecular weight excluding hydrogens is 354 g/mol. The Labute approximate surface area is 163 Å². The maximum absolute atomic E-state index is 12.6. The average Bonchev–Trinajstić information content (AvgIpc) is 3.12. The molecule has 2 aromatic carbocycles. The lowest BCUT2D eigenvalue weighted by atomic mass is 10.1. The van der Waals surface area contributed by atoms with E-state index in [1.165, 1.54) is 6.92 Å². The van der Waals surface area contributed by atoms with Crippen LogP contribution in [0.2, 0.25) is 0 Å². The summed E-state index contributed by atoms with van der Waals surface area (Å²) >= 11 is 0. The van der Waals surface area contributed by atoms with Gasteiger partial charge in [-0.1, -0.05) is 29.8 Å². The highest BCUT2D eigenvalue weighted by Crippen LogP contribution is 2.15. The molecule has 0 atom stereocenters. The maximum atomic E-state index is 12.6. The second kappa shape index (κ2) is 8.35. The van der Waals surface area contributed by atoms with Crippen molar-refractivity contribution in [1.82, 2.24) is 4.57 Å². The molecule has 28 heavy (non-hydrogen) atoms. The molecule has 0 aliphatic heterocycles. The van der Waals surface area contributed by atoms with Crippen molar-refractivity contribution in [1.29, 1.82) is 0 Å². The molecule has 0 fully saturated rings. The van der Waals surface area contributed by atoms with E-state index in [9.17, 15) is 14.4 Å². The third kappa shape index (κ3) is 4.73. The summed E-state index contributed by atoms with van der Waals surface area (Å²) in [5, 5.41) is 5.24. The van der Waals surface area contributed by atoms with Crippen LogP contribution in [0, 0.1) is 6.92 Å². The molecule has 3 rings (SSSR count). The number of nitrogens with one attached hydrogen (secondary N) is 2. The second-order valence-electron chi connectivity index (χ2n) is 6.55. The molecule has 6 nitrogen and oxygen atoms in total. The van der Waals surface area contributed by atoms with Gasteiger partial charge in [0.15, 0.2) is 0 Å². The third-order valence-corrected chi connectivity index (χ3v) is 4.21. The van der Waals surface area contributed by atoms with Gasteiger partial charge in [0.1, 0.15) is 0 Å². The highest BCUT2D eigenvalue weighted by Gasteiger charge is 2.20. The molecule has 6 heteroatoms. The first kappa shape index (κ1) is 19.1. The number of nitrogens with zero attached hydrogens (tertiary/aromatic N) is 1. The SMILES string of the molecule is CC(=O)Nc1ccc(NC(=O)C(=O)c2cccn2Cc2ccc(C)cc2)cc1. The van der Waals surface area contributed by atoms with E-state index >= 15 is 0 Å². The molecule has 0 aliphatic carbocycles. The van der Waals surface area contributed by atoms with Crippen LogP contribution in [0.5, 0.6) is 0 Å².